The Morgan fingerprint density at radius 2 is 2.16 bits per heavy atom. The van der Waals surface area contributed by atoms with E-state index in [0.717, 1.165) is 11.6 Å². The number of carbonyl (C=O) groups excluding carboxylic acids is 2. The number of hydrazine groups is 1. The molecule has 1 saturated heterocycles. The molecule has 0 bridgehead atoms. The van der Waals surface area contributed by atoms with Gasteiger partial charge in [-0.1, -0.05) is 11.6 Å². The van der Waals surface area contributed by atoms with Gasteiger partial charge in [0.2, 0.25) is 0 Å². The molecule has 0 aliphatic carbocycles. The van der Waals surface area contributed by atoms with Crippen LogP contribution >= 0.6 is 11.6 Å². The number of carbonyl (C=O) groups is 2. The second kappa shape index (κ2) is 10.2. The van der Waals surface area contributed by atoms with Gasteiger partial charge in [-0.2, -0.15) is 5.01 Å². The van der Waals surface area contributed by atoms with Gasteiger partial charge in [0.05, 0.1) is 24.7 Å². The number of ether oxygens (including phenoxy) is 2. The van der Waals surface area contributed by atoms with Crippen LogP contribution in [0, 0.1) is 13.8 Å². The smallest absolute Gasteiger partial charge is 0.339 e. The van der Waals surface area contributed by atoms with Gasteiger partial charge in [0.15, 0.2) is 5.82 Å². The Hall–Kier alpha value is -3.15. The molecule has 12 heteroatoms. The van der Waals surface area contributed by atoms with Crippen LogP contribution in [-0.2, 0) is 4.74 Å². The molecule has 1 unspecified atom stereocenters. The second-order valence-electron chi connectivity index (χ2n) is 6.86. The van der Waals surface area contributed by atoms with E-state index in [2.05, 4.69) is 26.0 Å². The second-order valence-corrected chi connectivity index (χ2v) is 7.27. The highest BCUT2D eigenvalue weighted by Gasteiger charge is 2.23. The number of hydrogen-bond acceptors (Lipinski definition) is 7. The quantitative estimate of drug-likeness (QED) is 0.509. The van der Waals surface area contributed by atoms with Crippen LogP contribution in [0.4, 0.5) is 21.1 Å². The molecular weight excluding hydrogens is 426 g/mol. The Balaban J connectivity index is 1.78. The normalized spacial score (nSPS) is 15.8. The summed E-state index contributed by atoms with van der Waals surface area (Å²) in [6.07, 6.45) is 2.72. The van der Waals surface area contributed by atoms with Crippen molar-refractivity contribution >= 4 is 35.2 Å². The summed E-state index contributed by atoms with van der Waals surface area (Å²) < 4.78 is 11.5. The van der Waals surface area contributed by atoms with Crippen LogP contribution in [0.5, 0.6) is 5.75 Å². The molecule has 0 spiro atoms. The van der Waals surface area contributed by atoms with Gasteiger partial charge in [-0.25, -0.2) is 20.0 Å². The summed E-state index contributed by atoms with van der Waals surface area (Å²) in [5, 5.41) is 7.00. The van der Waals surface area contributed by atoms with Crippen molar-refractivity contribution < 1.29 is 19.1 Å². The fourth-order valence-electron chi connectivity index (χ4n) is 2.78. The molecule has 166 valence electrons. The molecule has 3 rings (SSSR count). The van der Waals surface area contributed by atoms with Gasteiger partial charge in [-0.3, -0.25) is 10.3 Å². The zero-order chi connectivity index (χ0) is 22.4. The number of anilines is 2. The number of nitrogens with zero attached hydrogens (tertiary/aromatic N) is 3. The molecule has 1 aromatic carbocycles. The first-order valence-corrected chi connectivity index (χ1v) is 9.92. The van der Waals surface area contributed by atoms with Gasteiger partial charge >= 0.3 is 12.1 Å². The lowest BCUT2D eigenvalue weighted by atomic mass is 10.2. The Morgan fingerprint density at radius 1 is 1.35 bits per heavy atom. The summed E-state index contributed by atoms with van der Waals surface area (Å²) in [5.74, 6) is 0.470. The van der Waals surface area contributed by atoms with E-state index < -0.39 is 12.1 Å². The molecule has 0 saturated carbocycles. The summed E-state index contributed by atoms with van der Waals surface area (Å²) in [4.78, 5) is 32.6. The maximum atomic E-state index is 12.4. The summed E-state index contributed by atoms with van der Waals surface area (Å²) in [7, 11) is 0. The van der Waals surface area contributed by atoms with Crippen molar-refractivity contribution in [3.8, 4) is 5.75 Å². The molecule has 11 nitrogen and oxygen atoms in total. The number of amides is 4. The molecule has 1 aliphatic heterocycles. The van der Waals surface area contributed by atoms with Gasteiger partial charge in [-0.15, -0.1) is 0 Å². The third kappa shape index (κ3) is 6.17. The molecule has 5 N–H and O–H groups in total. The average molecular weight is 450 g/mol. The number of aryl methyl sites for hydroxylation is 2. The third-order valence-corrected chi connectivity index (χ3v) is 4.77. The molecule has 1 atom stereocenters. The Labute approximate surface area is 184 Å². The minimum Gasteiger partial charge on any atom is -0.489 e. The number of hydrogen-bond donors (Lipinski definition) is 4. The number of morpholine rings is 1. The van der Waals surface area contributed by atoms with E-state index in [-0.39, 0.29) is 30.0 Å². The van der Waals surface area contributed by atoms with E-state index in [1.165, 1.54) is 12.4 Å². The number of primary amides is 1. The van der Waals surface area contributed by atoms with Crippen LogP contribution in [0.3, 0.4) is 0 Å². The van der Waals surface area contributed by atoms with Crippen molar-refractivity contribution in [2.45, 2.75) is 20.0 Å². The van der Waals surface area contributed by atoms with E-state index in [9.17, 15) is 9.59 Å². The number of rotatable bonds is 5. The van der Waals surface area contributed by atoms with Crippen LogP contribution in [0.1, 0.15) is 11.3 Å². The zero-order valence-electron chi connectivity index (χ0n) is 17.1. The molecule has 2 heterocycles. The Morgan fingerprint density at radius 3 is 2.81 bits per heavy atom. The highest BCUT2D eigenvalue weighted by atomic mass is 35.5. The van der Waals surface area contributed by atoms with Crippen molar-refractivity contribution in [1.29, 1.82) is 0 Å². The van der Waals surface area contributed by atoms with Crippen LogP contribution < -0.4 is 31.5 Å². The van der Waals surface area contributed by atoms with Gasteiger partial charge in [0, 0.05) is 24.2 Å². The standard InChI is InChI=1S/C19H24ClN7O4/c1-11-5-15(16(6-14(11)20)31-10-13-8-22-3-4-30-13)27(18(21)28)26-19(29)25-17-9-23-12(2)7-24-17/h5-7,9,13,22H,3-4,8,10H2,1-2H3,(H2,21,28)(H2,24,25,26,29). The molecule has 1 fully saturated rings. The topological polar surface area (TPSA) is 144 Å². The highest BCUT2D eigenvalue weighted by Crippen LogP contribution is 2.33. The number of aromatic nitrogens is 2. The number of halogens is 1. The van der Waals surface area contributed by atoms with Crippen molar-refractivity contribution in [2.24, 2.45) is 5.73 Å². The van der Waals surface area contributed by atoms with Gasteiger partial charge in [0.1, 0.15) is 24.1 Å². The molecule has 4 amide bonds. The predicted octanol–water partition coefficient (Wildman–Crippen LogP) is 1.74. The van der Waals surface area contributed by atoms with Crippen LogP contribution in [0.15, 0.2) is 24.5 Å². The number of urea groups is 2. The van der Waals surface area contributed by atoms with Crippen LogP contribution in [0.2, 0.25) is 5.02 Å². The number of benzene rings is 1. The summed E-state index contributed by atoms with van der Waals surface area (Å²) in [6.45, 7) is 5.73. The monoisotopic (exact) mass is 449 g/mol. The third-order valence-electron chi connectivity index (χ3n) is 4.37. The van der Waals surface area contributed by atoms with E-state index in [1.807, 2.05) is 0 Å². The lowest BCUT2D eigenvalue weighted by Gasteiger charge is -2.27. The van der Waals surface area contributed by atoms with Crippen LogP contribution in [-0.4, -0.2) is 54.4 Å². The summed E-state index contributed by atoms with van der Waals surface area (Å²) in [5.41, 5.74) is 9.50. The van der Waals surface area contributed by atoms with E-state index in [4.69, 9.17) is 26.8 Å². The first-order chi connectivity index (χ1) is 14.8. The van der Waals surface area contributed by atoms with Crippen LogP contribution in [0.25, 0.3) is 0 Å². The average Bonchev–Trinajstić information content (AvgIpc) is 2.75. The maximum absolute atomic E-state index is 12.4. The van der Waals surface area contributed by atoms with E-state index in [0.29, 0.717) is 29.4 Å². The summed E-state index contributed by atoms with van der Waals surface area (Å²) in [6, 6.07) is 1.49. The number of nitrogens with one attached hydrogen (secondary N) is 3. The van der Waals surface area contributed by atoms with Gasteiger partial charge < -0.3 is 20.5 Å². The van der Waals surface area contributed by atoms with Crippen molar-refractivity contribution in [3.05, 3.63) is 40.8 Å². The SMILES string of the molecule is Cc1cnc(NC(=O)NN(C(N)=O)c2cc(C)c(Cl)cc2OCC2CNCCO2)cn1. The van der Waals surface area contributed by atoms with Gasteiger partial charge in [0.25, 0.3) is 0 Å². The predicted molar refractivity (Wildman–Crippen MR) is 115 cm³/mol. The molecule has 31 heavy (non-hydrogen) atoms. The van der Waals surface area contributed by atoms with E-state index in [1.54, 1.807) is 26.0 Å². The Kier molecular flexibility index (Phi) is 7.45. The molecule has 0 radical (unpaired) electrons. The lowest BCUT2D eigenvalue weighted by molar-refractivity contribution is 0.000295. The molecule has 1 aromatic heterocycles. The minimum absolute atomic E-state index is 0.167. The Bertz CT molecular complexity index is 936. The fourth-order valence-corrected chi connectivity index (χ4v) is 2.94. The largest absolute Gasteiger partial charge is 0.489 e. The number of nitrogens with two attached hydrogens (primary N) is 1. The van der Waals surface area contributed by atoms with Gasteiger partial charge in [-0.05, 0) is 25.5 Å². The molecule has 1 aliphatic rings. The lowest BCUT2D eigenvalue weighted by Crippen LogP contribution is -2.51. The van der Waals surface area contributed by atoms with Crippen molar-refractivity contribution in [2.75, 3.05) is 36.6 Å². The van der Waals surface area contributed by atoms with Crippen molar-refractivity contribution in [3.63, 3.8) is 0 Å². The first-order valence-electron chi connectivity index (χ1n) is 9.54. The zero-order valence-corrected chi connectivity index (χ0v) is 17.9. The summed E-state index contributed by atoms with van der Waals surface area (Å²) >= 11 is 6.24. The minimum atomic E-state index is -0.924. The van der Waals surface area contributed by atoms with E-state index >= 15 is 0 Å². The highest BCUT2D eigenvalue weighted by molar-refractivity contribution is 6.31. The molecular formula is C19H24ClN7O4. The first kappa shape index (κ1) is 22.5. The maximum Gasteiger partial charge on any atom is 0.339 e. The molecule has 2 aromatic rings. The van der Waals surface area contributed by atoms with Crippen molar-refractivity contribution in [1.82, 2.24) is 20.7 Å². The fraction of sp³-hybridized carbons (Fsp3) is 0.368.